The third-order valence-electron chi connectivity index (χ3n) is 11.5. The molecule has 0 unspecified atom stereocenters. The maximum atomic E-state index is 14.0. The quantitative estimate of drug-likeness (QED) is 0.106. The number of nitrogens with one attached hydrogen (secondary N) is 2. The van der Waals surface area contributed by atoms with E-state index in [9.17, 15) is 54.3 Å². The fourth-order valence-electron chi connectivity index (χ4n) is 8.21. The molecular weight excluding hydrogens is 764 g/mol. The highest BCUT2D eigenvalue weighted by atomic mass is 16.7. The average Bonchev–Trinajstić information content (AvgIpc) is 3.18. The number of fused-ring (bicyclic) bond motifs is 3. The number of phenolic OH excluding ortho intramolecular Hbond substituents is 2. The Morgan fingerprint density at radius 3 is 2.45 bits per heavy atom. The van der Waals surface area contributed by atoms with Crippen LogP contribution in [0.1, 0.15) is 101 Å². The summed E-state index contributed by atoms with van der Waals surface area (Å²) in [6.07, 6.45) is -3.55. The van der Waals surface area contributed by atoms with Crippen LogP contribution in [0.3, 0.4) is 0 Å². The van der Waals surface area contributed by atoms with Gasteiger partial charge >= 0.3 is 12.1 Å². The number of ketones is 3. The first-order valence-corrected chi connectivity index (χ1v) is 18.8. The van der Waals surface area contributed by atoms with E-state index in [2.05, 4.69) is 10.6 Å². The lowest BCUT2D eigenvalue weighted by atomic mass is 9.72. The lowest BCUT2D eigenvalue weighted by Crippen LogP contribution is -2.56. The molecule has 0 spiro atoms. The molecule has 4 aliphatic rings. The highest BCUT2D eigenvalue weighted by molar-refractivity contribution is 6.31. The van der Waals surface area contributed by atoms with Crippen molar-refractivity contribution in [3.05, 3.63) is 63.7 Å². The highest BCUT2D eigenvalue weighted by Gasteiger charge is 2.50. The number of carbonyl (C=O) groups excluding carboxylic acids is 5. The molecule has 2 aromatic rings. The molecule has 18 heteroatoms. The van der Waals surface area contributed by atoms with Crippen molar-refractivity contribution in [3.63, 3.8) is 0 Å². The van der Waals surface area contributed by atoms with Gasteiger partial charge in [-0.1, -0.05) is 25.1 Å². The summed E-state index contributed by atoms with van der Waals surface area (Å²) >= 11 is 0. The van der Waals surface area contributed by atoms with E-state index in [0.717, 1.165) is 0 Å². The number of aromatic hydroxyl groups is 2. The molecule has 0 aromatic heterocycles. The largest absolute Gasteiger partial charge is 0.507 e. The van der Waals surface area contributed by atoms with E-state index in [1.54, 1.807) is 19.1 Å². The minimum absolute atomic E-state index is 0.0402. The van der Waals surface area contributed by atoms with Gasteiger partial charge in [0.2, 0.25) is 11.7 Å². The maximum Gasteiger partial charge on any atom is 0.408 e. The zero-order chi connectivity index (χ0) is 42.3. The van der Waals surface area contributed by atoms with Gasteiger partial charge in [0.1, 0.15) is 48.2 Å². The maximum absolute atomic E-state index is 14.0. The number of amides is 2. The summed E-state index contributed by atoms with van der Waals surface area (Å²) in [5.41, 5.74) is -5.18. The molecule has 1 heterocycles. The molecule has 0 bridgehead atoms. The fraction of sp³-hybridized carbons (Fsp3) is 0.500. The Kier molecular flexibility index (Phi) is 12.0. The number of carbonyl (C=O) groups is 6. The van der Waals surface area contributed by atoms with Crippen LogP contribution >= 0.6 is 0 Å². The van der Waals surface area contributed by atoms with Crippen molar-refractivity contribution >= 4 is 35.3 Å². The minimum Gasteiger partial charge on any atom is -0.507 e. The van der Waals surface area contributed by atoms with Crippen LogP contribution in [0.15, 0.2) is 30.4 Å². The van der Waals surface area contributed by atoms with E-state index in [1.807, 2.05) is 0 Å². The van der Waals surface area contributed by atoms with Gasteiger partial charge in [0.15, 0.2) is 17.9 Å². The Bertz CT molecular complexity index is 2070. The number of aliphatic hydroxyl groups excluding tert-OH is 2. The number of alkyl carbamates (subject to hydrolysis) is 1. The van der Waals surface area contributed by atoms with E-state index in [-0.39, 0.29) is 47.3 Å². The topological polar surface area (TPSA) is 285 Å². The summed E-state index contributed by atoms with van der Waals surface area (Å²) in [7, 11) is 1.29. The second kappa shape index (κ2) is 16.5. The number of aliphatic hydroxyl groups is 3. The van der Waals surface area contributed by atoms with Crippen molar-refractivity contribution in [1.29, 1.82) is 0 Å². The Balaban J connectivity index is 1.24. The molecule has 1 fully saturated rings. The number of hydrogen-bond acceptors (Lipinski definition) is 15. The lowest BCUT2D eigenvalue weighted by Gasteiger charge is -2.42. The van der Waals surface area contributed by atoms with E-state index in [0.29, 0.717) is 12.8 Å². The number of methoxy groups -OCH3 is 1. The van der Waals surface area contributed by atoms with Crippen LogP contribution in [0.4, 0.5) is 4.79 Å². The van der Waals surface area contributed by atoms with Gasteiger partial charge in [-0.2, -0.15) is 0 Å². The van der Waals surface area contributed by atoms with Gasteiger partial charge in [-0.15, -0.1) is 0 Å². The van der Waals surface area contributed by atoms with Crippen molar-refractivity contribution in [2.45, 2.75) is 101 Å². The molecule has 58 heavy (non-hydrogen) atoms. The molecule has 3 aliphatic carbocycles. The number of rotatable bonds is 10. The van der Waals surface area contributed by atoms with Crippen LogP contribution in [0.25, 0.3) is 0 Å². The number of phenols is 2. The van der Waals surface area contributed by atoms with Crippen molar-refractivity contribution in [2.75, 3.05) is 20.3 Å². The summed E-state index contributed by atoms with van der Waals surface area (Å²) in [4.78, 5) is 77.7. The monoisotopic (exact) mass is 810 g/mol. The predicted molar refractivity (Wildman–Crippen MR) is 197 cm³/mol. The van der Waals surface area contributed by atoms with Gasteiger partial charge in [-0.25, -0.2) is 4.79 Å². The number of benzene rings is 2. The van der Waals surface area contributed by atoms with Gasteiger partial charge in [-0.3, -0.25) is 24.0 Å². The molecule has 1 aliphatic heterocycles. The van der Waals surface area contributed by atoms with Crippen molar-refractivity contribution < 1.29 is 78.4 Å². The Labute approximate surface area is 331 Å². The molecule has 6 rings (SSSR count). The van der Waals surface area contributed by atoms with Crippen molar-refractivity contribution in [3.8, 4) is 17.2 Å². The van der Waals surface area contributed by atoms with Crippen LogP contribution < -0.4 is 15.4 Å². The Hall–Kier alpha value is -5.40. The molecule has 8 N–H and O–H groups in total. The summed E-state index contributed by atoms with van der Waals surface area (Å²) in [5, 5.41) is 69.7. The smallest absolute Gasteiger partial charge is 0.408 e. The number of aliphatic carboxylic acids is 1. The molecule has 2 aromatic carbocycles. The van der Waals surface area contributed by atoms with Gasteiger partial charge in [0, 0.05) is 41.4 Å². The summed E-state index contributed by atoms with van der Waals surface area (Å²) < 4.78 is 23.1. The number of Topliss-reactive ketones (excluding diaryl/α,β-unsaturated/α-hetero) is 1. The van der Waals surface area contributed by atoms with E-state index < -0.39 is 132 Å². The van der Waals surface area contributed by atoms with Crippen LogP contribution in [0.2, 0.25) is 0 Å². The average molecular weight is 811 g/mol. The summed E-state index contributed by atoms with van der Waals surface area (Å²) in [6, 6.07) is 3.20. The van der Waals surface area contributed by atoms with E-state index in [1.165, 1.54) is 32.2 Å². The molecular formula is C40H46N2O16. The van der Waals surface area contributed by atoms with Crippen LogP contribution in [0, 0.1) is 5.41 Å². The molecule has 18 nitrogen and oxygen atoms in total. The minimum atomic E-state index is -2.38. The van der Waals surface area contributed by atoms with Gasteiger partial charge in [-0.05, 0) is 44.7 Å². The number of carboxylic acid groups (broad SMARTS) is 1. The molecule has 0 radical (unpaired) electrons. The molecule has 8 atom stereocenters. The molecule has 2 amide bonds. The number of carboxylic acids is 1. The summed E-state index contributed by atoms with van der Waals surface area (Å²) in [5.74, 6) is -5.85. The van der Waals surface area contributed by atoms with Crippen molar-refractivity contribution in [2.24, 2.45) is 5.41 Å². The first kappa shape index (κ1) is 42.2. The lowest BCUT2D eigenvalue weighted by molar-refractivity contribution is -0.249. The number of allylic oxidation sites excluding steroid dienone is 1. The highest BCUT2D eigenvalue weighted by Crippen LogP contribution is 2.52. The Morgan fingerprint density at radius 2 is 1.76 bits per heavy atom. The van der Waals surface area contributed by atoms with Crippen molar-refractivity contribution in [1.82, 2.24) is 10.6 Å². The third kappa shape index (κ3) is 7.89. The zero-order valence-electron chi connectivity index (χ0n) is 32.0. The third-order valence-corrected chi connectivity index (χ3v) is 11.5. The van der Waals surface area contributed by atoms with Crippen LogP contribution in [-0.4, -0.2) is 122 Å². The zero-order valence-corrected chi connectivity index (χ0v) is 32.0. The number of ether oxygens (including phenoxy) is 4. The van der Waals surface area contributed by atoms with E-state index >= 15 is 0 Å². The SMILES string of the molecule is COc1cccc2c1C(=O)c1c(O)c3c(c(O)c1C2=O)C[C@@](O)(C(=O)CO)C[C@@H]3O[C@H]1C[C@H](NC(=O)O[C@H]2/C=C/CC[C@@](C)(C(=O)NCC(=O)O)CC2)[C@H](O)[C@H](C)O1. The second-order valence-electron chi connectivity index (χ2n) is 15.3. The first-order chi connectivity index (χ1) is 27.4. The van der Waals surface area contributed by atoms with Gasteiger partial charge in [0.25, 0.3) is 0 Å². The second-order valence-corrected chi connectivity index (χ2v) is 15.3. The standard InChI is InChI=1S/C40H46N2O16/c1-18-32(47)22(42-38(53)57-19-7-4-5-11-39(2,12-10-19)37(52)41-16-26(45)46)13-27(56-18)58-24-15-40(54,25(44)17-43)14-21-29(24)36(51)31-30(34(21)49)33(48)20-8-6-9-23(55-3)28(20)35(31)50/h4,6-9,18-19,22,24,27,32,43,47,49,51,54H,5,10-17H2,1-3H3,(H,41,52)(H,42,53)(H,45,46)/b7-4+/t18-,19-,22-,24-,27-,32+,39+,40-/m0/s1. The van der Waals surface area contributed by atoms with Crippen LogP contribution in [-0.2, 0) is 35.0 Å². The van der Waals surface area contributed by atoms with Gasteiger partial charge in [0.05, 0.1) is 42.0 Å². The predicted octanol–water partition coefficient (Wildman–Crippen LogP) is 1.47. The van der Waals surface area contributed by atoms with Crippen LogP contribution in [0.5, 0.6) is 17.2 Å². The first-order valence-electron chi connectivity index (χ1n) is 18.8. The Morgan fingerprint density at radius 1 is 1.03 bits per heavy atom. The normalized spacial score (nSPS) is 29.7. The fourth-order valence-corrected chi connectivity index (χ4v) is 8.21. The number of hydrogen-bond donors (Lipinski definition) is 8. The van der Waals surface area contributed by atoms with E-state index in [4.69, 9.17) is 24.1 Å². The van der Waals surface area contributed by atoms with Gasteiger partial charge < -0.3 is 60.2 Å². The molecule has 312 valence electrons. The molecule has 1 saturated heterocycles. The molecule has 0 saturated carbocycles. The summed E-state index contributed by atoms with van der Waals surface area (Å²) in [6.45, 7) is 1.55.